The van der Waals surface area contributed by atoms with Gasteiger partial charge in [-0.05, 0) is 49.6 Å². The molecule has 0 amide bonds. The van der Waals surface area contributed by atoms with Gasteiger partial charge in [0, 0.05) is 17.0 Å². The van der Waals surface area contributed by atoms with Crippen LogP contribution in [0, 0.1) is 0 Å². The molecule has 2 atom stereocenters. The summed E-state index contributed by atoms with van der Waals surface area (Å²) in [4.78, 5) is 9.12. The van der Waals surface area contributed by atoms with E-state index in [4.69, 9.17) is 14.5 Å². The molecule has 5 heteroatoms. The van der Waals surface area contributed by atoms with Crippen molar-refractivity contribution in [1.82, 2.24) is 4.98 Å². The van der Waals surface area contributed by atoms with Crippen LogP contribution in [-0.4, -0.2) is 28.1 Å². The summed E-state index contributed by atoms with van der Waals surface area (Å²) >= 11 is 0. The maximum absolute atomic E-state index is 9.98. The number of aromatic nitrogens is 1. The predicted octanol–water partition coefficient (Wildman–Crippen LogP) is 4.43. The molecule has 0 radical (unpaired) electrons. The molecule has 0 bridgehead atoms. The second-order valence-corrected chi connectivity index (χ2v) is 6.72. The van der Waals surface area contributed by atoms with E-state index in [-0.39, 0.29) is 11.9 Å². The normalized spacial score (nSPS) is 21.3. The van der Waals surface area contributed by atoms with Gasteiger partial charge in [-0.25, -0.2) is 9.98 Å². The summed E-state index contributed by atoms with van der Waals surface area (Å²) in [6.45, 7) is 0. The van der Waals surface area contributed by atoms with Gasteiger partial charge in [-0.3, -0.25) is 0 Å². The highest BCUT2D eigenvalue weighted by Gasteiger charge is 2.35. The number of phenols is 1. The van der Waals surface area contributed by atoms with Gasteiger partial charge >= 0.3 is 0 Å². The fraction of sp³-hybridized carbons (Fsp3) is 0.238. The average molecular weight is 346 g/mol. The van der Waals surface area contributed by atoms with Crippen LogP contribution in [0.3, 0.4) is 0 Å². The van der Waals surface area contributed by atoms with E-state index in [0.717, 1.165) is 23.8 Å². The molecule has 1 aromatic heterocycles. The van der Waals surface area contributed by atoms with Gasteiger partial charge in [-0.1, -0.05) is 18.2 Å². The number of fused-ring (bicyclic) bond motifs is 2. The molecule has 3 aromatic rings. The lowest BCUT2D eigenvalue weighted by molar-refractivity contribution is 0.211. The molecule has 2 heterocycles. The van der Waals surface area contributed by atoms with Gasteiger partial charge in [0.2, 0.25) is 11.8 Å². The third-order valence-corrected chi connectivity index (χ3v) is 4.94. The van der Waals surface area contributed by atoms with Gasteiger partial charge in [0.25, 0.3) is 0 Å². The lowest BCUT2D eigenvalue weighted by Crippen LogP contribution is -2.15. The first kappa shape index (κ1) is 15.2. The summed E-state index contributed by atoms with van der Waals surface area (Å²) in [5.41, 5.74) is 1.44. The standard InChI is InChI=1S/C21H18N2O3/c24-17-8-2-4-13-10-11-19(23-20(13)17)25-15-6-1-5-14(12-15)21-22-16-7-3-9-18(16)26-21/h1-2,4-6,8,10-12,16,18,24H,3,7,9H2/t16-,18-/m0/s1. The lowest BCUT2D eigenvalue weighted by atomic mass is 10.2. The van der Waals surface area contributed by atoms with Gasteiger partial charge in [-0.15, -0.1) is 0 Å². The summed E-state index contributed by atoms with van der Waals surface area (Å²) in [6.07, 6.45) is 3.61. The maximum atomic E-state index is 9.98. The molecule has 2 aromatic carbocycles. The lowest BCUT2D eigenvalue weighted by Gasteiger charge is -2.10. The second kappa shape index (κ2) is 6.02. The number of aliphatic imine (C=N–C) groups is 1. The predicted molar refractivity (Wildman–Crippen MR) is 99.0 cm³/mol. The molecule has 0 spiro atoms. The number of aromatic hydroxyl groups is 1. The Morgan fingerprint density at radius 1 is 1.04 bits per heavy atom. The molecule has 26 heavy (non-hydrogen) atoms. The minimum Gasteiger partial charge on any atom is -0.506 e. The fourth-order valence-electron chi connectivity index (χ4n) is 3.64. The summed E-state index contributed by atoms with van der Waals surface area (Å²) in [7, 11) is 0. The van der Waals surface area contributed by atoms with E-state index in [9.17, 15) is 5.11 Å². The van der Waals surface area contributed by atoms with Crippen molar-refractivity contribution < 1.29 is 14.6 Å². The molecule has 5 rings (SSSR count). The summed E-state index contributed by atoms with van der Waals surface area (Å²) in [5, 5.41) is 10.8. The highest BCUT2D eigenvalue weighted by atomic mass is 16.5. The van der Waals surface area contributed by atoms with E-state index >= 15 is 0 Å². The number of pyridine rings is 1. The topological polar surface area (TPSA) is 63.9 Å². The summed E-state index contributed by atoms with van der Waals surface area (Å²) in [6, 6.07) is 17.0. The van der Waals surface area contributed by atoms with Crippen molar-refractivity contribution in [2.45, 2.75) is 31.4 Å². The zero-order valence-electron chi connectivity index (χ0n) is 14.1. The quantitative estimate of drug-likeness (QED) is 0.762. The van der Waals surface area contributed by atoms with Crippen LogP contribution in [0.1, 0.15) is 24.8 Å². The molecular formula is C21H18N2O3. The van der Waals surface area contributed by atoms with E-state index in [0.29, 0.717) is 29.1 Å². The first-order valence-electron chi connectivity index (χ1n) is 8.88. The fourth-order valence-corrected chi connectivity index (χ4v) is 3.64. The zero-order chi connectivity index (χ0) is 17.5. The molecule has 1 N–H and O–H groups in total. The van der Waals surface area contributed by atoms with Gasteiger partial charge in [0.05, 0.1) is 6.04 Å². The molecule has 1 saturated carbocycles. The minimum atomic E-state index is 0.141. The van der Waals surface area contributed by atoms with E-state index in [1.165, 1.54) is 6.42 Å². The molecule has 130 valence electrons. The van der Waals surface area contributed by atoms with E-state index in [1.807, 2.05) is 36.4 Å². The Kier molecular flexibility index (Phi) is 3.52. The number of hydrogen-bond donors (Lipinski definition) is 1. The van der Waals surface area contributed by atoms with Crippen LogP contribution < -0.4 is 4.74 Å². The number of benzene rings is 2. The Morgan fingerprint density at radius 2 is 1.96 bits per heavy atom. The van der Waals surface area contributed by atoms with Crippen LogP contribution in [0.2, 0.25) is 0 Å². The molecule has 1 aliphatic heterocycles. The summed E-state index contributed by atoms with van der Waals surface area (Å²) in [5.74, 6) is 1.94. The van der Waals surface area contributed by atoms with Crippen molar-refractivity contribution in [3.8, 4) is 17.4 Å². The second-order valence-electron chi connectivity index (χ2n) is 6.72. The van der Waals surface area contributed by atoms with Crippen LogP contribution in [0.4, 0.5) is 0 Å². The van der Waals surface area contributed by atoms with Crippen LogP contribution in [0.15, 0.2) is 59.6 Å². The highest BCUT2D eigenvalue weighted by Crippen LogP contribution is 2.32. The van der Waals surface area contributed by atoms with Crippen LogP contribution in [0.5, 0.6) is 17.4 Å². The Balaban J connectivity index is 1.42. The van der Waals surface area contributed by atoms with Gasteiger partial charge in [-0.2, -0.15) is 0 Å². The number of nitrogens with zero attached hydrogens (tertiary/aromatic N) is 2. The Hall–Kier alpha value is -3.08. The third-order valence-electron chi connectivity index (χ3n) is 4.94. The SMILES string of the molecule is Oc1cccc2ccc(Oc3cccc(C4=N[C@H]5CCC[C@@H]5O4)c3)nc12. The average Bonchev–Trinajstić information content (AvgIpc) is 3.25. The molecule has 1 fully saturated rings. The molecule has 0 saturated heterocycles. The Labute approximate surface area is 150 Å². The molecular weight excluding hydrogens is 328 g/mol. The van der Waals surface area contributed by atoms with Crippen molar-refractivity contribution in [3.63, 3.8) is 0 Å². The molecule has 5 nitrogen and oxygen atoms in total. The van der Waals surface area contributed by atoms with Crippen molar-refractivity contribution in [2.24, 2.45) is 4.99 Å². The number of para-hydroxylation sites is 1. The maximum Gasteiger partial charge on any atom is 0.219 e. The van der Waals surface area contributed by atoms with E-state index in [1.54, 1.807) is 18.2 Å². The number of hydrogen-bond acceptors (Lipinski definition) is 5. The summed E-state index contributed by atoms with van der Waals surface area (Å²) < 4.78 is 11.9. The third kappa shape index (κ3) is 2.65. The first-order valence-corrected chi connectivity index (χ1v) is 8.88. The Bertz CT molecular complexity index is 1020. The minimum absolute atomic E-state index is 0.141. The van der Waals surface area contributed by atoms with Crippen molar-refractivity contribution in [3.05, 3.63) is 60.2 Å². The molecule has 0 unspecified atom stereocenters. The largest absolute Gasteiger partial charge is 0.506 e. The van der Waals surface area contributed by atoms with E-state index in [2.05, 4.69) is 4.98 Å². The number of rotatable bonds is 3. The highest BCUT2D eigenvalue weighted by molar-refractivity contribution is 5.95. The van der Waals surface area contributed by atoms with Crippen LogP contribution >= 0.6 is 0 Å². The number of ether oxygens (including phenoxy) is 2. The van der Waals surface area contributed by atoms with Crippen molar-refractivity contribution in [2.75, 3.05) is 0 Å². The monoisotopic (exact) mass is 346 g/mol. The zero-order valence-corrected chi connectivity index (χ0v) is 14.1. The smallest absolute Gasteiger partial charge is 0.219 e. The van der Waals surface area contributed by atoms with Gasteiger partial charge in [0.15, 0.2) is 0 Å². The van der Waals surface area contributed by atoms with Crippen LogP contribution in [-0.2, 0) is 4.74 Å². The van der Waals surface area contributed by atoms with Gasteiger partial charge in [0.1, 0.15) is 23.1 Å². The van der Waals surface area contributed by atoms with Crippen LogP contribution in [0.25, 0.3) is 10.9 Å². The first-order chi connectivity index (χ1) is 12.8. The molecule has 2 aliphatic rings. The van der Waals surface area contributed by atoms with E-state index < -0.39 is 0 Å². The molecule has 1 aliphatic carbocycles. The van der Waals surface area contributed by atoms with Gasteiger partial charge < -0.3 is 14.6 Å². The number of phenolic OH excluding ortho intramolecular Hbond substituents is 1. The Morgan fingerprint density at radius 3 is 2.88 bits per heavy atom. The van der Waals surface area contributed by atoms with Crippen molar-refractivity contribution >= 4 is 16.8 Å². The van der Waals surface area contributed by atoms with Crippen molar-refractivity contribution in [1.29, 1.82) is 0 Å².